The smallest absolute Gasteiger partial charge is 0.363 e. The Bertz CT molecular complexity index is 1310. The Labute approximate surface area is 178 Å². The number of ether oxygens (including phenoxy) is 1. The fourth-order valence-corrected chi connectivity index (χ4v) is 3.79. The van der Waals surface area contributed by atoms with E-state index in [1.165, 1.54) is 18.2 Å². The monoisotopic (exact) mass is 437 g/mol. The molecule has 0 spiro atoms. The van der Waals surface area contributed by atoms with Crippen LogP contribution in [0.3, 0.4) is 0 Å². The largest absolute Gasteiger partial charge is 0.402 e. The van der Waals surface area contributed by atoms with Gasteiger partial charge in [0, 0.05) is 5.56 Å². The molecule has 0 unspecified atom stereocenters. The molecule has 0 saturated carbocycles. The Morgan fingerprint density at radius 2 is 1.71 bits per heavy atom. The van der Waals surface area contributed by atoms with Gasteiger partial charge in [0.1, 0.15) is 16.5 Å². The molecule has 0 aromatic heterocycles. The Morgan fingerprint density at radius 3 is 2.39 bits per heavy atom. The number of carbonyl (C=O) groups excluding carboxylic acids is 1. The molecule has 0 fully saturated rings. The van der Waals surface area contributed by atoms with Crippen LogP contribution in [0.4, 0.5) is 4.39 Å². The molecule has 0 atom stereocenters. The molecular formula is C23H16FNO5S. The van der Waals surface area contributed by atoms with Crippen LogP contribution in [0.2, 0.25) is 0 Å². The Kier molecular flexibility index (Phi) is 5.39. The number of hydrogen-bond donors (Lipinski definition) is 0. The van der Waals surface area contributed by atoms with E-state index in [0.717, 1.165) is 29.8 Å². The molecule has 4 rings (SSSR count). The first-order valence-electron chi connectivity index (χ1n) is 9.20. The summed E-state index contributed by atoms with van der Waals surface area (Å²) in [6.45, 7) is 1.93. The average molecular weight is 437 g/mol. The van der Waals surface area contributed by atoms with Gasteiger partial charge in [0.15, 0.2) is 5.70 Å². The molecule has 0 N–H and O–H groups in total. The normalized spacial score (nSPS) is 15.0. The van der Waals surface area contributed by atoms with Crippen molar-refractivity contribution >= 4 is 28.1 Å². The van der Waals surface area contributed by atoms with Gasteiger partial charge in [0.2, 0.25) is 5.90 Å². The Balaban J connectivity index is 1.52. The summed E-state index contributed by atoms with van der Waals surface area (Å²) in [5.41, 5.74) is 2.45. The van der Waals surface area contributed by atoms with E-state index in [2.05, 4.69) is 4.99 Å². The number of carbonyl (C=O) groups is 1. The molecule has 8 heteroatoms. The first-order valence-corrected chi connectivity index (χ1v) is 10.6. The second kappa shape index (κ2) is 8.16. The number of hydrogen-bond acceptors (Lipinski definition) is 6. The SMILES string of the molecule is Cc1cccc(C2=N/C(=C\c3ccc(OS(=O)(=O)c4ccc(F)cc4)cc3)C(=O)O2)c1. The van der Waals surface area contributed by atoms with Gasteiger partial charge in [-0.25, -0.2) is 14.2 Å². The van der Waals surface area contributed by atoms with Gasteiger partial charge in [-0.3, -0.25) is 0 Å². The maximum Gasteiger partial charge on any atom is 0.363 e. The molecule has 1 heterocycles. The van der Waals surface area contributed by atoms with Crippen LogP contribution >= 0.6 is 0 Å². The molecule has 0 aliphatic carbocycles. The molecule has 3 aromatic carbocycles. The lowest BCUT2D eigenvalue weighted by Crippen LogP contribution is -2.09. The van der Waals surface area contributed by atoms with E-state index < -0.39 is 21.9 Å². The van der Waals surface area contributed by atoms with Crippen molar-refractivity contribution in [3.05, 3.63) is 101 Å². The topological polar surface area (TPSA) is 82.0 Å². The van der Waals surface area contributed by atoms with Gasteiger partial charge >= 0.3 is 16.1 Å². The van der Waals surface area contributed by atoms with Crippen LogP contribution in [0, 0.1) is 12.7 Å². The maximum absolute atomic E-state index is 13.0. The first kappa shape index (κ1) is 20.5. The molecule has 0 amide bonds. The summed E-state index contributed by atoms with van der Waals surface area (Å²) in [5, 5.41) is 0. The lowest BCUT2D eigenvalue weighted by atomic mass is 10.1. The van der Waals surface area contributed by atoms with Crippen LogP contribution in [-0.4, -0.2) is 20.3 Å². The molecule has 1 aliphatic heterocycles. The highest BCUT2D eigenvalue weighted by Gasteiger charge is 2.24. The van der Waals surface area contributed by atoms with Crippen LogP contribution in [-0.2, 0) is 19.6 Å². The average Bonchev–Trinajstić information content (AvgIpc) is 3.10. The standard InChI is InChI=1S/C23H16FNO5S/c1-15-3-2-4-17(13-15)22-25-21(23(26)29-22)14-16-5-9-19(10-6-16)30-31(27,28)20-11-7-18(24)8-12-20/h2-14H,1H3/b21-14-. The minimum Gasteiger partial charge on any atom is -0.402 e. The van der Waals surface area contributed by atoms with Gasteiger partial charge in [0.25, 0.3) is 0 Å². The molecule has 6 nitrogen and oxygen atoms in total. The van der Waals surface area contributed by atoms with E-state index in [9.17, 15) is 17.6 Å². The fourth-order valence-electron chi connectivity index (χ4n) is 2.86. The van der Waals surface area contributed by atoms with Crippen LogP contribution in [0.15, 0.2) is 88.4 Å². The van der Waals surface area contributed by atoms with Gasteiger partial charge in [-0.05, 0) is 67.1 Å². The molecular weight excluding hydrogens is 421 g/mol. The van der Waals surface area contributed by atoms with E-state index in [-0.39, 0.29) is 22.2 Å². The van der Waals surface area contributed by atoms with Crippen molar-refractivity contribution in [2.45, 2.75) is 11.8 Å². The third-order valence-corrected chi connectivity index (χ3v) is 5.64. The van der Waals surface area contributed by atoms with Crippen molar-refractivity contribution in [1.29, 1.82) is 0 Å². The predicted octanol–water partition coefficient (Wildman–Crippen LogP) is 4.25. The van der Waals surface area contributed by atoms with Crippen LogP contribution in [0.5, 0.6) is 5.75 Å². The zero-order valence-corrected chi connectivity index (χ0v) is 17.1. The number of halogens is 1. The zero-order chi connectivity index (χ0) is 22.0. The Morgan fingerprint density at radius 1 is 1.00 bits per heavy atom. The molecule has 156 valence electrons. The van der Waals surface area contributed by atoms with E-state index >= 15 is 0 Å². The number of nitrogens with zero attached hydrogens (tertiary/aromatic N) is 1. The highest BCUT2D eigenvalue weighted by Crippen LogP contribution is 2.23. The highest BCUT2D eigenvalue weighted by atomic mass is 32.2. The van der Waals surface area contributed by atoms with Gasteiger partial charge in [-0.1, -0.05) is 29.8 Å². The summed E-state index contributed by atoms with van der Waals surface area (Å²) in [5.74, 6) is -0.819. The fraction of sp³-hybridized carbons (Fsp3) is 0.0435. The van der Waals surface area contributed by atoms with Gasteiger partial charge in [-0.15, -0.1) is 0 Å². The van der Waals surface area contributed by atoms with E-state index in [1.807, 2.05) is 25.1 Å². The van der Waals surface area contributed by atoms with Crippen molar-refractivity contribution < 1.29 is 26.5 Å². The summed E-state index contributed by atoms with van der Waals surface area (Å²) in [6.07, 6.45) is 1.53. The molecule has 0 radical (unpaired) electrons. The van der Waals surface area contributed by atoms with Gasteiger partial charge in [-0.2, -0.15) is 8.42 Å². The number of benzene rings is 3. The molecule has 0 bridgehead atoms. The van der Waals surface area contributed by atoms with Crippen molar-refractivity contribution in [3.63, 3.8) is 0 Å². The van der Waals surface area contributed by atoms with Crippen LogP contribution in [0.1, 0.15) is 16.7 Å². The lowest BCUT2D eigenvalue weighted by Gasteiger charge is -2.07. The second-order valence-corrected chi connectivity index (χ2v) is 8.31. The van der Waals surface area contributed by atoms with E-state index in [4.69, 9.17) is 8.92 Å². The molecule has 0 saturated heterocycles. The summed E-state index contributed by atoms with van der Waals surface area (Å²) in [4.78, 5) is 16.2. The number of esters is 1. The van der Waals surface area contributed by atoms with Crippen molar-refractivity contribution in [2.75, 3.05) is 0 Å². The third kappa shape index (κ3) is 4.70. The van der Waals surface area contributed by atoms with E-state index in [0.29, 0.717) is 11.1 Å². The zero-order valence-electron chi connectivity index (χ0n) is 16.3. The van der Waals surface area contributed by atoms with Crippen LogP contribution < -0.4 is 4.18 Å². The van der Waals surface area contributed by atoms with Crippen molar-refractivity contribution in [3.8, 4) is 5.75 Å². The predicted molar refractivity (Wildman–Crippen MR) is 112 cm³/mol. The number of aryl methyl sites for hydroxylation is 1. The summed E-state index contributed by atoms with van der Waals surface area (Å²) < 4.78 is 47.9. The lowest BCUT2D eigenvalue weighted by molar-refractivity contribution is -0.129. The minimum absolute atomic E-state index is 0.0735. The highest BCUT2D eigenvalue weighted by molar-refractivity contribution is 7.87. The van der Waals surface area contributed by atoms with Crippen molar-refractivity contribution in [2.24, 2.45) is 4.99 Å². The molecule has 31 heavy (non-hydrogen) atoms. The number of cyclic esters (lactones) is 1. The minimum atomic E-state index is -4.09. The maximum atomic E-state index is 13.0. The Hall–Kier alpha value is -3.78. The van der Waals surface area contributed by atoms with Gasteiger partial charge in [0.05, 0.1) is 0 Å². The summed E-state index contributed by atoms with van der Waals surface area (Å²) in [7, 11) is -4.09. The number of rotatable bonds is 5. The van der Waals surface area contributed by atoms with Crippen molar-refractivity contribution in [1.82, 2.24) is 0 Å². The third-order valence-electron chi connectivity index (χ3n) is 4.38. The van der Waals surface area contributed by atoms with Gasteiger partial charge < -0.3 is 8.92 Å². The number of aliphatic imine (C=N–C) groups is 1. The van der Waals surface area contributed by atoms with Crippen LogP contribution in [0.25, 0.3) is 6.08 Å². The molecule has 3 aromatic rings. The quantitative estimate of drug-likeness (QED) is 0.339. The second-order valence-electron chi connectivity index (χ2n) is 6.77. The summed E-state index contributed by atoms with van der Waals surface area (Å²) >= 11 is 0. The first-order chi connectivity index (χ1) is 14.8. The molecule has 1 aliphatic rings. The van der Waals surface area contributed by atoms with E-state index in [1.54, 1.807) is 18.2 Å². The summed E-state index contributed by atoms with van der Waals surface area (Å²) in [6, 6.07) is 17.8.